The molecule has 4 rings (SSSR count). The van der Waals surface area contributed by atoms with E-state index in [1.54, 1.807) is 26.4 Å². The van der Waals surface area contributed by atoms with E-state index in [-0.39, 0.29) is 11.5 Å². The van der Waals surface area contributed by atoms with Crippen LogP contribution < -0.4 is 0 Å². The van der Waals surface area contributed by atoms with Crippen LogP contribution in [0.25, 0.3) is 32.7 Å². The molecule has 2 N–H and O–H groups in total. The molecule has 0 aliphatic heterocycles. The minimum absolute atomic E-state index is 0.172. The molecule has 0 saturated carbocycles. The molecule has 126 valence electrons. The standard InChI is InChI=1S/C20H14O2.C2H6O/c21-17-11-9-13-5-1-3-7-15(13)19(17)20-16-8-4-2-6-14(16)10-12-18(20)22;1-3-2/h1-12,21-22H;1-2H3. The third-order valence-corrected chi connectivity index (χ3v) is 4.06. The SMILES string of the molecule is COC.Oc1ccc2ccccc2c1-c1c(O)ccc2ccccc12. The van der Waals surface area contributed by atoms with Crippen molar-refractivity contribution >= 4 is 21.5 Å². The molecule has 0 bridgehead atoms. The second-order valence-corrected chi connectivity index (χ2v) is 5.77. The predicted octanol–water partition coefficient (Wildman–Crippen LogP) is 5.33. The van der Waals surface area contributed by atoms with Crippen LogP contribution in [0.5, 0.6) is 11.5 Å². The van der Waals surface area contributed by atoms with Crippen LogP contribution in [0.3, 0.4) is 0 Å². The van der Waals surface area contributed by atoms with Gasteiger partial charge in [0.2, 0.25) is 0 Å². The summed E-state index contributed by atoms with van der Waals surface area (Å²) in [5.74, 6) is 0.343. The number of hydrogen-bond donors (Lipinski definition) is 2. The lowest BCUT2D eigenvalue weighted by molar-refractivity contribution is 0.277. The van der Waals surface area contributed by atoms with Gasteiger partial charge in [-0.15, -0.1) is 0 Å². The molecule has 25 heavy (non-hydrogen) atoms. The summed E-state index contributed by atoms with van der Waals surface area (Å²) in [6.45, 7) is 0. The van der Waals surface area contributed by atoms with Crippen LogP contribution in [0.2, 0.25) is 0 Å². The lowest BCUT2D eigenvalue weighted by Gasteiger charge is -2.14. The van der Waals surface area contributed by atoms with Crippen molar-refractivity contribution in [2.45, 2.75) is 0 Å². The monoisotopic (exact) mass is 332 g/mol. The number of fused-ring (bicyclic) bond motifs is 2. The second-order valence-electron chi connectivity index (χ2n) is 5.77. The van der Waals surface area contributed by atoms with E-state index in [1.807, 2.05) is 60.7 Å². The average Bonchev–Trinajstić information content (AvgIpc) is 2.63. The topological polar surface area (TPSA) is 49.7 Å². The van der Waals surface area contributed by atoms with Crippen molar-refractivity contribution in [2.24, 2.45) is 0 Å². The highest BCUT2D eigenvalue weighted by Gasteiger charge is 2.16. The van der Waals surface area contributed by atoms with Crippen LogP contribution in [-0.2, 0) is 4.74 Å². The molecule has 0 aromatic heterocycles. The second kappa shape index (κ2) is 7.24. The Balaban J connectivity index is 0.000000569. The minimum atomic E-state index is 0.172. The zero-order chi connectivity index (χ0) is 17.8. The first-order valence-electron chi connectivity index (χ1n) is 7.99. The van der Waals surface area contributed by atoms with E-state index >= 15 is 0 Å². The molecule has 0 atom stereocenters. The molecular formula is C22H20O3. The molecule has 0 aliphatic rings. The lowest BCUT2D eigenvalue weighted by atomic mass is 9.92. The van der Waals surface area contributed by atoms with Gasteiger partial charge in [-0.05, 0) is 33.7 Å². The molecule has 3 nitrogen and oxygen atoms in total. The van der Waals surface area contributed by atoms with Crippen molar-refractivity contribution in [3.05, 3.63) is 72.8 Å². The van der Waals surface area contributed by atoms with Gasteiger partial charge < -0.3 is 14.9 Å². The number of benzene rings is 4. The molecule has 4 aromatic carbocycles. The highest BCUT2D eigenvalue weighted by molar-refractivity contribution is 6.09. The van der Waals surface area contributed by atoms with E-state index in [9.17, 15) is 10.2 Å². The molecule has 0 aliphatic carbocycles. The van der Waals surface area contributed by atoms with Gasteiger partial charge in [0, 0.05) is 25.3 Å². The third-order valence-electron chi connectivity index (χ3n) is 4.06. The molecule has 0 fully saturated rings. The zero-order valence-electron chi connectivity index (χ0n) is 14.2. The molecule has 0 amide bonds. The van der Waals surface area contributed by atoms with Gasteiger partial charge in [0.1, 0.15) is 11.5 Å². The smallest absolute Gasteiger partial charge is 0.124 e. The zero-order valence-corrected chi connectivity index (χ0v) is 14.2. The Kier molecular flexibility index (Phi) is 4.87. The first-order valence-corrected chi connectivity index (χ1v) is 7.99. The minimum Gasteiger partial charge on any atom is -0.507 e. The van der Waals surface area contributed by atoms with Crippen molar-refractivity contribution in [3.8, 4) is 22.6 Å². The molecule has 0 heterocycles. The Labute approximate surface area is 146 Å². The Morgan fingerprint density at radius 2 is 0.920 bits per heavy atom. The first kappa shape index (κ1) is 16.8. The van der Waals surface area contributed by atoms with E-state index in [0.717, 1.165) is 21.5 Å². The maximum atomic E-state index is 10.4. The fourth-order valence-electron chi connectivity index (χ4n) is 3.05. The number of ether oxygens (including phenoxy) is 1. The van der Waals surface area contributed by atoms with Gasteiger partial charge >= 0.3 is 0 Å². The summed E-state index contributed by atoms with van der Waals surface area (Å²) in [6, 6.07) is 22.9. The van der Waals surface area contributed by atoms with E-state index < -0.39 is 0 Å². The van der Waals surface area contributed by atoms with Crippen molar-refractivity contribution in [2.75, 3.05) is 14.2 Å². The fraction of sp³-hybridized carbons (Fsp3) is 0.0909. The van der Waals surface area contributed by atoms with Gasteiger partial charge in [-0.25, -0.2) is 0 Å². The highest BCUT2D eigenvalue weighted by atomic mass is 16.4. The molecular weight excluding hydrogens is 312 g/mol. The van der Waals surface area contributed by atoms with Gasteiger partial charge in [0.15, 0.2) is 0 Å². The third kappa shape index (κ3) is 3.14. The van der Waals surface area contributed by atoms with Crippen LogP contribution in [0.1, 0.15) is 0 Å². The number of rotatable bonds is 1. The van der Waals surface area contributed by atoms with Crippen molar-refractivity contribution in [1.82, 2.24) is 0 Å². The maximum Gasteiger partial charge on any atom is 0.124 e. The van der Waals surface area contributed by atoms with Crippen molar-refractivity contribution < 1.29 is 14.9 Å². The van der Waals surface area contributed by atoms with Crippen LogP contribution >= 0.6 is 0 Å². The summed E-state index contributed by atoms with van der Waals surface area (Å²) in [5.41, 5.74) is 1.35. The predicted molar refractivity (Wildman–Crippen MR) is 103 cm³/mol. The molecule has 3 heteroatoms. The van der Waals surface area contributed by atoms with E-state index in [4.69, 9.17) is 0 Å². The summed E-state index contributed by atoms with van der Waals surface area (Å²) in [6.07, 6.45) is 0. The van der Waals surface area contributed by atoms with Crippen LogP contribution in [-0.4, -0.2) is 24.4 Å². The van der Waals surface area contributed by atoms with Crippen LogP contribution in [0.15, 0.2) is 72.8 Å². The molecule has 0 radical (unpaired) electrons. The molecule has 4 aromatic rings. The Morgan fingerprint density at radius 1 is 0.560 bits per heavy atom. The van der Waals surface area contributed by atoms with E-state index in [2.05, 4.69) is 4.74 Å². The summed E-state index contributed by atoms with van der Waals surface area (Å²) in [5, 5.41) is 24.8. The fourth-order valence-corrected chi connectivity index (χ4v) is 3.05. The Morgan fingerprint density at radius 3 is 1.32 bits per heavy atom. The molecule has 0 spiro atoms. The normalized spacial score (nSPS) is 10.5. The van der Waals surface area contributed by atoms with Crippen molar-refractivity contribution in [3.63, 3.8) is 0 Å². The van der Waals surface area contributed by atoms with Crippen LogP contribution in [0.4, 0.5) is 0 Å². The van der Waals surface area contributed by atoms with Gasteiger partial charge in [0.05, 0.1) is 0 Å². The summed E-state index contributed by atoms with van der Waals surface area (Å²) in [4.78, 5) is 0. The van der Waals surface area contributed by atoms with Crippen molar-refractivity contribution in [1.29, 1.82) is 0 Å². The molecule has 0 saturated heterocycles. The first-order chi connectivity index (χ1) is 12.2. The summed E-state index contributed by atoms with van der Waals surface area (Å²) < 4.78 is 4.25. The van der Waals surface area contributed by atoms with Gasteiger partial charge in [-0.1, -0.05) is 60.7 Å². The van der Waals surface area contributed by atoms with E-state index in [1.165, 1.54) is 0 Å². The largest absolute Gasteiger partial charge is 0.507 e. The quantitative estimate of drug-likeness (QED) is 0.495. The average molecular weight is 332 g/mol. The van der Waals surface area contributed by atoms with Gasteiger partial charge in [-0.3, -0.25) is 0 Å². The molecule has 0 unspecified atom stereocenters. The summed E-state index contributed by atoms with van der Waals surface area (Å²) in [7, 11) is 3.25. The Bertz CT molecular complexity index is 939. The van der Waals surface area contributed by atoms with Gasteiger partial charge in [-0.2, -0.15) is 0 Å². The summed E-state index contributed by atoms with van der Waals surface area (Å²) >= 11 is 0. The number of methoxy groups -OCH3 is 1. The number of phenolic OH excluding ortho intramolecular Hbond substituents is 2. The van der Waals surface area contributed by atoms with Crippen LogP contribution in [0, 0.1) is 0 Å². The number of hydrogen-bond acceptors (Lipinski definition) is 3. The lowest BCUT2D eigenvalue weighted by Crippen LogP contribution is -1.86. The highest BCUT2D eigenvalue weighted by Crippen LogP contribution is 2.44. The number of aromatic hydroxyl groups is 2. The number of phenols is 2. The van der Waals surface area contributed by atoms with Gasteiger partial charge in [0.25, 0.3) is 0 Å². The van der Waals surface area contributed by atoms with E-state index in [0.29, 0.717) is 11.1 Å². The Hall–Kier alpha value is -3.04. The maximum absolute atomic E-state index is 10.4.